The fourth-order valence-corrected chi connectivity index (χ4v) is 3.03. The lowest BCUT2D eigenvalue weighted by Crippen LogP contribution is -1.96. The van der Waals surface area contributed by atoms with Gasteiger partial charge in [0.15, 0.2) is 5.75 Å². The van der Waals surface area contributed by atoms with Crippen LogP contribution in [-0.2, 0) is 0 Å². The Balaban J connectivity index is 2.53. The lowest BCUT2D eigenvalue weighted by Gasteiger charge is -2.11. The van der Waals surface area contributed by atoms with Crippen LogP contribution in [0.4, 0.5) is 5.69 Å². The monoisotopic (exact) mass is 307 g/mol. The van der Waals surface area contributed by atoms with Crippen molar-refractivity contribution in [2.75, 3.05) is 12.8 Å². The molecule has 2 heterocycles. The molecule has 0 bridgehead atoms. The van der Waals surface area contributed by atoms with Crippen molar-refractivity contribution in [3.63, 3.8) is 0 Å². The highest BCUT2D eigenvalue weighted by molar-refractivity contribution is 6.15. The first-order chi connectivity index (χ1) is 11.1. The zero-order chi connectivity index (χ0) is 16.6. The number of aromatic amines is 1. The molecule has 3 N–H and O–H groups in total. The van der Waals surface area contributed by atoms with Crippen molar-refractivity contribution in [1.29, 1.82) is 0 Å². The Hall–Kier alpha value is -2.75. The first-order valence-electron chi connectivity index (χ1n) is 7.64. The number of nitrogens with one attached hydrogen (secondary N) is 1. The summed E-state index contributed by atoms with van der Waals surface area (Å²) in [5, 5.41) is 2.17. The number of hydrogen-bond donors (Lipinski definition) is 2. The molecule has 3 aromatic rings. The van der Waals surface area contributed by atoms with Gasteiger partial charge in [0.2, 0.25) is 0 Å². The molecule has 0 aliphatic heterocycles. The van der Waals surface area contributed by atoms with Crippen LogP contribution in [-0.4, -0.2) is 17.1 Å². The van der Waals surface area contributed by atoms with Crippen molar-refractivity contribution >= 4 is 33.2 Å². The standard InChI is InChI=1S/C19H21N3O/c1-5-7-12(6-2)13-9-15(20)18(23-4)17-16(13)14-8-11(3)10-21-19(14)22-17/h5-10H,20H2,1-4H3,(H,21,22)/b7-5-,12-6+. The highest BCUT2D eigenvalue weighted by atomic mass is 16.5. The van der Waals surface area contributed by atoms with E-state index in [-0.39, 0.29) is 0 Å². The highest BCUT2D eigenvalue weighted by Crippen LogP contribution is 2.40. The maximum atomic E-state index is 6.22. The number of aromatic nitrogens is 2. The molecule has 0 unspecified atom stereocenters. The van der Waals surface area contributed by atoms with Gasteiger partial charge in [-0.15, -0.1) is 0 Å². The number of rotatable bonds is 3. The topological polar surface area (TPSA) is 63.9 Å². The van der Waals surface area contributed by atoms with Crippen LogP contribution in [0.5, 0.6) is 5.75 Å². The smallest absolute Gasteiger partial charge is 0.165 e. The summed E-state index contributed by atoms with van der Waals surface area (Å²) in [5.74, 6) is 0.662. The van der Waals surface area contributed by atoms with Crippen LogP contribution in [0, 0.1) is 6.92 Å². The predicted octanol–water partition coefficient (Wildman–Crippen LogP) is 4.59. The summed E-state index contributed by atoms with van der Waals surface area (Å²) in [6.45, 7) is 6.08. The second-order valence-corrected chi connectivity index (χ2v) is 5.57. The molecule has 0 fully saturated rings. The van der Waals surface area contributed by atoms with E-state index in [1.807, 2.05) is 39.1 Å². The van der Waals surface area contributed by atoms with E-state index in [4.69, 9.17) is 10.5 Å². The van der Waals surface area contributed by atoms with Crippen molar-refractivity contribution in [3.05, 3.63) is 47.7 Å². The molecule has 4 nitrogen and oxygen atoms in total. The fourth-order valence-electron chi connectivity index (χ4n) is 3.03. The SMILES string of the molecule is C/C=C\C(=C/C)c1cc(N)c(OC)c2[nH]c3ncc(C)cc3c12. The Bertz CT molecular complexity index is 948. The minimum Gasteiger partial charge on any atom is -0.492 e. The van der Waals surface area contributed by atoms with Gasteiger partial charge in [-0.2, -0.15) is 0 Å². The number of pyridine rings is 1. The number of H-pyrrole nitrogens is 1. The Morgan fingerprint density at radius 3 is 2.74 bits per heavy atom. The fraction of sp³-hybridized carbons (Fsp3) is 0.211. The normalized spacial score (nSPS) is 12.6. The van der Waals surface area contributed by atoms with Crippen LogP contribution in [0.1, 0.15) is 25.0 Å². The molecule has 0 atom stereocenters. The van der Waals surface area contributed by atoms with E-state index in [9.17, 15) is 0 Å². The number of methoxy groups -OCH3 is 1. The summed E-state index contributed by atoms with van der Waals surface area (Å²) in [4.78, 5) is 7.87. The minimum atomic E-state index is 0.613. The lowest BCUT2D eigenvalue weighted by atomic mass is 9.97. The van der Waals surface area contributed by atoms with Gasteiger partial charge in [0.05, 0.1) is 18.3 Å². The summed E-state index contributed by atoms with van der Waals surface area (Å²) in [6.07, 6.45) is 8.06. The molecule has 0 saturated carbocycles. The Kier molecular flexibility index (Phi) is 3.82. The van der Waals surface area contributed by atoms with Crippen LogP contribution >= 0.6 is 0 Å². The first kappa shape index (κ1) is 15.2. The number of aryl methyl sites for hydroxylation is 1. The van der Waals surface area contributed by atoms with E-state index in [2.05, 4.69) is 28.2 Å². The number of anilines is 1. The predicted molar refractivity (Wildman–Crippen MR) is 97.8 cm³/mol. The van der Waals surface area contributed by atoms with Gasteiger partial charge < -0.3 is 15.5 Å². The second-order valence-electron chi connectivity index (χ2n) is 5.57. The highest BCUT2D eigenvalue weighted by Gasteiger charge is 2.18. The van der Waals surface area contributed by atoms with E-state index in [1.165, 1.54) is 0 Å². The Morgan fingerprint density at radius 1 is 1.30 bits per heavy atom. The average Bonchev–Trinajstić information content (AvgIpc) is 2.90. The quantitative estimate of drug-likeness (QED) is 0.549. The molecule has 1 aromatic carbocycles. The van der Waals surface area contributed by atoms with Gasteiger partial charge in [0.25, 0.3) is 0 Å². The van der Waals surface area contributed by atoms with E-state index in [0.29, 0.717) is 11.4 Å². The van der Waals surface area contributed by atoms with Crippen LogP contribution < -0.4 is 10.5 Å². The van der Waals surface area contributed by atoms with Crippen LogP contribution in [0.15, 0.2) is 36.6 Å². The number of nitrogens with zero attached hydrogens (tertiary/aromatic N) is 1. The maximum absolute atomic E-state index is 6.22. The average molecular weight is 307 g/mol. The van der Waals surface area contributed by atoms with Gasteiger partial charge in [-0.3, -0.25) is 0 Å². The molecular weight excluding hydrogens is 286 g/mol. The number of fused-ring (bicyclic) bond motifs is 3. The number of nitrogen functional groups attached to an aromatic ring is 1. The molecule has 3 rings (SSSR count). The third-order valence-corrected chi connectivity index (χ3v) is 4.02. The summed E-state index contributed by atoms with van der Waals surface area (Å²) >= 11 is 0. The molecule has 0 amide bonds. The van der Waals surface area contributed by atoms with Crippen molar-refractivity contribution < 1.29 is 4.74 Å². The van der Waals surface area contributed by atoms with E-state index in [1.54, 1.807) is 7.11 Å². The minimum absolute atomic E-state index is 0.613. The summed E-state index contributed by atoms with van der Waals surface area (Å²) < 4.78 is 5.52. The van der Waals surface area contributed by atoms with E-state index in [0.717, 1.165) is 38.6 Å². The molecule has 118 valence electrons. The van der Waals surface area contributed by atoms with Crippen LogP contribution in [0.3, 0.4) is 0 Å². The second kappa shape index (κ2) is 5.80. The van der Waals surface area contributed by atoms with Crippen molar-refractivity contribution in [1.82, 2.24) is 9.97 Å². The number of benzene rings is 1. The van der Waals surface area contributed by atoms with E-state index < -0.39 is 0 Å². The Labute approximate surface area is 135 Å². The van der Waals surface area contributed by atoms with Gasteiger partial charge in [0.1, 0.15) is 5.65 Å². The summed E-state index contributed by atoms with van der Waals surface area (Å²) in [5.41, 5.74) is 11.9. The summed E-state index contributed by atoms with van der Waals surface area (Å²) in [7, 11) is 1.64. The molecule has 0 aliphatic carbocycles. The van der Waals surface area contributed by atoms with Crippen molar-refractivity contribution in [2.24, 2.45) is 0 Å². The number of hydrogen-bond acceptors (Lipinski definition) is 3. The van der Waals surface area contributed by atoms with Crippen LogP contribution in [0.25, 0.3) is 27.5 Å². The molecule has 0 aliphatic rings. The zero-order valence-corrected chi connectivity index (χ0v) is 13.9. The largest absolute Gasteiger partial charge is 0.492 e. The maximum Gasteiger partial charge on any atom is 0.165 e. The summed E-state index contributed by atoms with van der Waals surface area (Å²) in [6, 6.07) is 4.12. The number of ether oxygens (including phenoxy) is 1. The third kappa shape index (κ3) is 2.36. The van der Waals surface area contributed by atoms with E-state index >= 15 is 0 Å². The number of allylic oxidation sites excluding steroid dienone is 4. The molecule has 0 spiro atoms. The molecule has 0 saturated heterocycles. The number of nitrogens with two attached hydrogens (primary N) is 1. The van der Waals surface area contributed by atoms with Gasteiger partial charge in [-0.25, -0.2) is 4.98 Å². The van der Waals surface area contributed by atoms with Crippen molar-refractivity contribution in [2.45, 2.75) is 20.8 Å². The molecule has 0 radical (unpaired) electrons. The van der Waals surface area contributed by atoms with Gasteiger partial charge in [0, 0.05) is 17.0 Å². The van der Waals surface area contributed by atoms with Crippen molar-refractivity contribution in [3.8, 4) is 5.75 Å². The third-order valence-electron chi connectivity index (χ3n) is 4.02. The van der Waals surface area contributed by atoms with Gasteiger partial charge in [-0.1, -0.05) is 18.2 Å². The molecular formula is C19H21N3O. The Morgan fingerprint density at radius 2 is 2.09 bits per heavy atom. The van der Waals surface area contributed by atoms with Gasteiger partial charge >= 0.3 is 0 Å². The van der Waals surface area contributed by atoms with Gasteiger partial charge in [-0.05, 0) is 49.6 Å². The molecule has 2 aromatic heterocycles. The molecule has 23 heavy (non-hydrogen) atoms. The van der Waals surface area contributed by atoms with Crippen LogP contribution in [0.2, 0.25) is 0 Å². The first-order valence-corrected chi connectivity index (χ1v) is 7.64. The zero-order valence-electron chi connectivity index (χ0n) is 13.9. The molecule has 4 heteroatoms. The lowest BCUT2D eigenvalue weighted by molar-refractivity contribution is 0.421.